The van der Waals surface area contributed by atoms with Gasteiger partial charge in [0.2, 0.25) is 15.9 Å². The molecule has 0 aromatic heterocycles. The van der Waals surface area contributed by atoms with Crippen molar-refractivity contribution in [3.63, 3.8) is 0 Å². The number of nitrogens with one attached hydrogen (secondary N) is 1. The first-order chi connectivity index (χ1) is 13.2. The summed E-state index contributed by atoms with van der Waals surface area (Å²) in [5.74, 6) is -0.368. The van der Waals surface area contributed by atoms with E-state index in [0.29, 0.717) is 25.4 Å². The minimum Gasteiger partial charge on any atom is -0.375 e. The van der Waals surface area contributed by atoms with Crippen molar-refractivity contribution >= 4 is 21.6 Å². The highest BCUT2D eigenvalue weighted by atomic mass is 32.2. The zero-order valence-electron chi connectivity index (χ0n) is 16.8. The van der Waals surface area contributed by atoms with E-state index < -0.39 is 16.1 Å². The minimum absolute atomic E-state index is 0.306. The summed E-state index contributed by atoms with van der Waals surface area (Å²) in [5.41, 5.74) is 3.42. The number of hydrogen-bond acceptors (Lipinski definition) is 4. The molecule has 0 aliphatic rings. The number of rotatable bonds is 9. The van der Waals surface area contributed by atoms with Gasteiger partial charge in [0.1, 0.15) is 6.04 Å². The molecule has 0 aliphatic heterocycles. The van der Waals surface area contributed by atoms with Gasteiger partial charge in [-0.3, -0.25) is 9.10 Å². The number of carbonyl (C=O) groups is 1. The van der Waals surface area contributed by atoms with Gasteiger partial charge in [-0.05, 0) is 49.6 Å². The second-order valence-corrected chi connectivity index (χ2v) is 8.77. The molecule has 28 heavy (non-hydrogen) atoms. The summed E-state index contributed by atoms with van der Waals surface area (Å²) in [7, 11) is -3.63. The average Bonchev–Trinajstić information content (AvgIpc) is 2.60. The van der Waals surface area contributed by atoms with Crippen molar-refractivity contribution in [2.75, 3.05) is 23.7 Å². The summed E-state index contributed by atoms with van der Waals surface area (Å²) in [5, 5.41) is 2.75. The van der Waals surface area contributed by atoms with Crippen LogP contribution in [0.3, 0.4) is 0 Å². The fourth-order valence-electron chi connectivity index (χ4n) is 3.05. The molecule has 7 heteroatoms. The maximum Gasteiger partial charge on any atom is 0.243 e. The number of nitrogens with zero attached hydrogens (tertiary/aromatic N) is 1. The SMILES string of the molecule is Cc1cc(C)cc(N([C@H](C)C(=O)NCCOCc2ccccc2)S(C)(=O)=O)c1. The van der Waals surface area contributed by atoms with Crippen LogP contribution in [0.4, 0.5) is 5.69 Å². The Labute approximate surface area is 167 Å². The lowest BCUT2D eigenvalue weighted by molar-refractivity contribution is -0.122. The molecule has 0 spiro atoms. The van der Waals surface area contributed by atoms with Crippen LogP contribution in [0, 0.1) is 13.8 Å². The largest absolute Gasteiger partial charge is 0.375 e. The predicted molar refractivity (Wildman–Crippen MR) is 112 cm³/mol. The van der Waals surface area contributed by atoms with E-state index in [1.54, 1.807) is 19.1 Å². The maximum atomic E-state index is 12.5. The van der Waals surface area contributed by atoms with Gasteiger partial charge in [-0.25, -0.2) is 8.42 Å². The third-order valence-electron chi connectivity index (χ3n) is 4.21. The summed E-state index contributed by atoms with van der Waals surface area (Å²) in [6.07, 6.45) is 1.11. The van der Waals surface area contributed by atoms with E-state index >= 15 is 0 Å². The molecular formula is C21H28N2O4S. The molecule has 1 N–H and O–H groups in total. The molecular weight excluding hydrogens is 376 g/mol. The normalized spacial score (nSPS) is 12.4. The minimum atomic E-state index is -3.63. The van der Waals surface area contributed by atoms with Gasteiger partial charge in [-0.15, -0.1) is 0 Å². The number of benzene rings is 2. The number of aryl methyl sites for hydroxylation is 2. The Morgan fingerprint density at radius 1 is 1.11 bits per heavy atom. The van der Waals surface area contributed by atoms with Crippen molar-refractivity contribution in [3.8, 4) is 0 Å². The van der Waals surface area contributed by atoms with Crippen molar-refractivity contribution in [1.82, 2.24) is 5.32 Å². The van der Waals surface area contributed by atoms with Gasteiger partial charge in [0.05, 0.1) is 25.2 Å². The average molecular weight is 405 g/mol. The van der Waals surface area contributed by atoms with Crippen LogP contribution >= 0.6 is 0 Å². The molecule has 0 saturated carbocycles. The molecule has 0 unspecified atom stereocenters. The Morgan fingerprint density at radius 3 is 2.29 bits per heavy atom. The van der Waals surface area contributed by atoms with E-state index in [4.69, 9.17) is 4.74 Å². The van der Waals surface area contributed by atoms with Crippen LogP contribution in [0.25, 0.3) is 0 Å². The van der Waals surface area contributed by atoms with Crippen LogP contribution in [0.15, 0.2) is 48.5 Å². The molecule has 2 aromatic carbocycles. The van der Waals surface area contributed by atoms with Crippen LogP contribution in [0.1, 0.15) is 23.6 Å². The number of carbonyl (C=O) groups excluding carboxylic acids is 1. The van der Waals surface area contributed by atoms with Gasteiger partial charge < -0.3 is 10.1 Å². The zero-order chi connectivity index (χ0) is 20.7. The van der Waals surface area contributed by atoms with Crippen molar-refractivity contribution < 1.29 is 17.9 Å². The van der Waals surface area contributed by atoms with Crippen LogP contribution < -0.4 is 9.62 Å². The summed E-state index contributed by atoms with van der Waals surface area (Å²) < 4.78 is 31.4. The van der Waals surface area contributed by atoms with E-state index in [2.05, 4.69) is 5.32 Å². The first-order valence-electron chi connectivity index (χ1n) is 9.15. The highest BCUT2D eigenvalue weighted by Crippen LogP contribution is 2.23. The third-order valence-corrected chi connectivity index (χ3v) is 5.45. The van der Waals surface area contributed by atoms with Crippen LogP contribution in [-0.2, 0) is 26.2 Å². The summed E-state index contributed by atoms with van der Waals surface area (Å²) in [6.45, 7) is 6.48. The monoisotopic (exact) mass is 404 g/mol. The lowest BCUT2D eigenvalue weighted by Crippen LogP contribution is -2.48. The van der Waals surface area contributed by atoms with E-state index in [9.17, 15) is 13.2 Å². The van der Waals surface area contributed by atoms with E-state index in [0.717, 1.165) is 27.3 Å². The Hall–Kier alpha value is -2.38. The highest BCUT2D eigenvalue weighted by Gasteiger charge is 2.29. The number of anilines is 1. The summed E-state index contributed by atoms with van der Waals surface area (Å²) in [4.78, 5) is 12.5. The summed E-state index contributed by atoms with van der Waals surface area (Å²) in [6, 6.07) is 14.4. The van der Waals surface area contributed by atoms with Gasteiger partial charge in [0.15, 0.2) is 0 Å². The lowest BCUT2D eigenvalue weighted by Gasteiger charge is -2.28. The number of ether oxygens (including phenoxy) is 1. The van der Waals surface area contributed by atoms with E-state index in [1.807, 2.05) is 50.2 Å². The molecule has 0 fully saturated rings. The first kappa shape index (κ1) is 21.9. The van der Waals surface area contributed by atoms with Crippen molar-refractivity contribution in [2.45, 2.75) is 33.4 Å². The Balaban J connectivity index is 1.96. The quantitative estimate of drug-likeness (QED) is 0.652. The van der Waals surface area contributed by atoms with Crippen molar-refractivity contribution in [3.05, 3.63) is 65.2 Å². The molecule has 0 bridgehead atoms. The zero-order valence-corrected chi connectivity index (χ0v) is 17.6. The third kappa shape index (κ3) is 6.35. The van der Waals surface area contributed by atoms with Gasteiger partial charge in [-0.2, -0.15) is 0 Å². The molecule has 6 nitrogen and oxygen atoms in total. The van der Waals surface area contributed by atoms with Crippen LogP contribution in [0.5, 0.6) is 0 Å². The van der Waals surface area contributed by atoms with E-state index in [1.165, 1.54) is 0 Å². The topological polar surface area (TPSA) is 75.7 Å². The van der Waals surface area contributed by atoms with Crippen molar-refractivity contribution in [2.24, 2.45) is 0 Å². The van der Waals surface area contributed by atoms with E-state index in [-0.39, 0.29) is 5.91 Å². The molecule has 0 radical (unpaired) electrons. The first-order valence-corrected chi connectivity index (χ1v) is 11.0. The number of amides is 1. The number of hydrogen-bond donors (Lipinski definition) is 1. The van der Waals surface area contributed by atoms with Gasteiger partial charge in [-0.1, -0.05) is 36.4 Å². The molecule has 0 aliphatic carbocycles. The molecule has 2 rings (SSSR count). The molecule has 0 saturated heterocycles. The molecule has 152 valence electrons. The fourth-order valence-corrected chi connectivity index (χ4v) is 4.20. The Bertz CT molecular complexity index is 878. The maximum absolute atomic E-state index is 12.5. The molecule has 2 aromatic rings. The second kappa shape index (κ2) is 9.71. The standard InChI is InChI=1S/C21H28N2O4S/c1-16-12-17(2)14-20(13-16)23(28(4,25)26)18(3)21(24)22-10-11-27-15-19-8-6-5-7-9-19/h5-9,12-14,18H,10-11,15H2,1-4H3,(H,22,24)/t18-/m1/s1. The van der Waals surface area contributed by atoms with Crippen LogP contribution in [0.2, 0.25) is 0 Å². The van der Waals surface area contributed by atoms with Gasteiger partial charge >= 0.3 is 0 Å². The smallest absolute Gasteiger partial charge is 0.243 e. The van der Waals surface area contributed by atoms with Gasteiger partial charge in [0, 0.05) is 6.54 Å². The van der Waals surface area contributed by atoms with Crippen molar-refractivity contribution in [1.29, 1.82) is 0 Å². The number of sulfonamides is 1. The fraction of sp³-hybridized carbons (Fsp3) is 0.381. The predicted octanol–water partition coefficient (Wildman–Crippen LogP) is 2.79. The van der Waals surface area contributed by atoms with Gasteiger partial charge in [0.25, 0.3) is 0 Å². The van der Waals surface area contributed by atoms with Crippen LogP contribution in [-0.4, -0.2) is 39.8 Å². The molecule has 0 heterocycles. The highest BCUT2D eigenvalue weighted by molar-refractivity contribution is 7.92. The molecule has 1 atom stereocenters. The molecule has 1 amide bonds. The second-order valence-electron chi connectivity index (χ2n) is 6.91. The Morgan fingerprint density at radius 2 is 1.71 bits per heavy atom. The Kier molecular flexibility index (Phi) is 7.60. The lowest BCUT2D eigenvalue weighted by atomic mass is 10.1. The summed E-state index contributed by atoms with van der Waals surface area (Å²) >= 11 is 0.